The summed E-state index contributed by atoms with van der Waals surface area (Å²) in [5, 5.41) is 6.96. The Morgan fingerprint density at radius 2 is 1.73 bits per heavy atom. The number of nitrogens with one attached hydrogen (secondary N) is 2. The van der Waals surface area contributed by atoms with Crippen molar-refractivity contribution in [2.75, 3.05) is 25.1 Å². The lowest BCUT2D eigenvalue weighted by atomic mass is 10.2. The van der Waals surface area contributed by atoms with Crippen molar-refractivity contribution >= 4 is 23.0 Å². The first-order valence-electron chi connectivity index (χ1n) is 8.90. The lowest BCUT2D eigenvalue weighted by Gasteiger charge is -2.14. The minimum absolute atomic E-state index is 0.264. The van der Waals surface area contributed by atoms with Gasteiger partial charge in [-0.2, -0.15) is 0 Å². The Bertz CT molecular complexity index is 698. The lowest BCUT2D eigenvalue weighted by Crippen LogP contribution is -2.34. The van der Waals surface area contributed by atoms with Crippen molar-refractivity contribution in [2.24, 2.45) is 0 Å². The highest BCUT2D eigenvalue weighted by molar-refractivity contribution is 7.80. The third kappa shape index (κ3) is 5.61. The van der Waals surface area contributed by atoms with Gasteiger partial charge in [-0.3, -0.25) is 0 Å². The molecular weight excluding hydrogens is 348 g/mol. The zero-order chi connectivity index (χ0) is 18.2. The van der Waals surface area contributed by atoms with Crippen LogP contribution in [-0.4, -0.2) is 31.0 Å². The van der Waals surface area contributed by atoms with E-state index in [0.717, 1.165) is 48.9 Å². The highest BCUT2D eigenvalue weighted by Crippen LogP contribution is 2.25. The topological polar surface area (TPSA) is 51.8 Å². The second kappa shape index (κ2) is 9.40. The van der Waals surface area contributed by atoms with Gasteiger partial charge in [0.05, 0.1) is 12.7 Å². The molecule has 5 nitrogen and oxygen atoms in total. The summed E-state index contributed by atoms with van der Waals surface area (Å²) in [6.07, 6.45) is 2.48. The normalized spacial score (nSPS) is 16.1. The fourth-order valence-corrected chi connectivity index (χ4v) is 2.90. The first kappa shape index (κ1) is 18.5. The van der Waals surface area contributed by atoms with Gasteiger partial charge in [0.25, 0.3) is 0 Å². The van der Waals surface area contributed by atoms with Crippen molar-refractivity contribution in [2.45, 2.75) is 25.9 Å². The van der Waals surface area contributed by atoms with E-state index in [9.17, 15) is 0 Å². The molecule has 2 aromatic rings. The van der Waals surface area contributed by atoms with E-state index >= 15 is 0 Å². The molecule has 6 heteroatoms. The van der Waals surface area contributed by atoms with Crippen LogP contribution in [0.3, 0.4) is 0 Å². The zero-order valence-corrected chi connectivity index (χ0v) is 15.7. The molecule has 0 aromatic heterocycles. The number of ether oxygens (including phenoxy) is 3. The molecule has 1 fully saturated rings. The minimum atomic E-state index is 0.264. The Morgan fingerprint density at radius 3 is 2.35 bits per heavy atom. The molecule has 0 spiro atoms. The van der Waals surface area contributed by atoms with E-state index in [1.54, 1.807) is 0 Å². The molecule has 0 radical (unpaired) electrons. The molecule has 1 unspecified atom stereocenters. The Kier molecular flexibility index (Phi) is 6.68. The van der Waals surface area contributed by atoms with Crippen LogP contribution in [0.4, 0.5) is 5.69 Å². The molecule has 1 heterocycles. The molecule has 138 valence electrons. The molecule has 3 rings (SSSR count). The summed E-state index contributed by atoms with van der Waals surface area (Å²) >= 11 is 5.32. The summed E-state index contributed by atoms with van der Waals surface area (Å²) in [5.41, 5.74) is 0.911. The maximum Gasteiger partial charge on any atom is 0.170 e. The van der Waals surface area contributed by atoms with Crippen LogP contribution < -0.4 is 20.1 Å². The average molecular weight is 372 g/mol. The Balaban J connectivity index is 1.47. The van der Waals surface area contributed by atoms with E-state index in [2.05, 4.69) is 10.6 Å². The largest absolute Gasteiger partial charge is 0.494 e. The van der Waals surface area contributed by atoms with Gasteiger partial charge in [-0.15, -0.1) is 0 Å². The van der Waals surface area contributed by atoms with E-state index in [-0.39, 0.29) is 6.10 Å². The third-order valence-corrected chi connectivity index (χ3v) is 4.24. The third-order valence-electron chi connectivity index (χ3n) is 4.00. The molecule has 1 aliphatic rings. The van der Waals surface area contributed by atoms with Crippen molar-refractivity contribution in [3.63, 3.8) is 0 Å². The molecule has 0 saturated carbocycles. The van der Waals surface area contributed by atoms with E-state index in [4.69, 9.17) is 26.4 Å². The predicted molar refractivity (Wildman–Crippen MR) is 107 cm³/mol. The SMILES string of the molecule is CCOc1ccc(Oc2ccc(NC(=S)NCC3CCCO3)cc2)cc1. The maximum atomic E-state index is 5.84. The van der Waals surface area contributed by atoms with Gasteiger partial charge in [-0.1, -0.05) is 0 Å². The van der Waals surface area contributed by atoms with Crippen molar-refractivity contribution < 1.29 is 14.2 Å². The van der Waals surface area contributed by atoms with Crippen LogP contribution in [-0.2, 0) is 4.74 Å². The van der Waals surface area contributed by atoms with Crippen molar-refractivity contribution in [1.29, 1.82) is 0 Å². The molecule has 0 amide bonds. The summed E-state index contributed by atoms with van der Waals surface area (Å²) in [6, 6.07) is 15.2. The number of hydrogen-bond donors (Lipinski definition) is 2. The number of benzene rings is 2. The van der Waals surface area contributed by atoms with Crippen LogP contribution in [0, 0.1) is 0 Å². The van der Waals surface area contributed by atoms with Crippen molar-refractivity contribution in [3.8, 4) is 17.2 Å². The van der Waals surface area contributed by atoms with Crippen LogP contribution in [0.25, 0.3) is 0 Å². The highest BCUT2D eigenvalue weighted by Gasteiger charge is 2.15. The molecule has 1 saturated heterocycles. The Labute approximate surface area is 159 Å². The number of anilines is 1. The highest BCUT2D eigenvalue weighted by atomic mass is 32.1. The van der Waals surface area contributed by atoms with Crippen LogP contribution in [0.1, 0.15) is 19.8 Å². The first-order chi connectivity index (χ1) is 12.7. The van der Waals surface area contributed by atoms with Crippen LogP contribution in [0.2, 0.25) is 0 Å². The van der Waals surface area contributed by atoms with Gasteiger partial charge in [-0.05, 0) is 80.5 Å². The summed E-state index contributed by atoms with van der Waals surface area (Å²) in [5.74, 6) is 2.37. The van der Waals surface area contributed by atoms with Gasteiger partial charge in [0, 0.05) is 18.8 Å². The summed E-state index contributed by atoms with van der Waals surface area (Å²) < 4.78 is 16.8. The van der Waals surface area contributed by atoms with E-state index < -0.39 is 0 Å². The van der Waals surface area contributed by atoms with Gasteiger partial charge in [0.1, 0.15) is 17.2 Å². The zero-order valence-electron chi connectivity index (χ0n) is 14.9. The number of hydrogen-bond acceptors (Lipinski definition) is 4. The summed E-state index contributed by atoms with van der Waals surface area (Å²) in [7, 11) is 0. The summed E-state index contributed by atoms with van der Waals surface area (Å²) in [6.45, 7) is 4.20. The van der Waals surface area contributed by atoms with Crippen molar-refractivity contribution in [1.82, 2.24) is 5.32 Å². The fraction of sp³-hybridized carbons (Fsp3) is 0.350. The second-order valence-electron chi connectivity index (χ2n) is 6.00. The van der Waals surface area contributed by atoms with E-state index in [1.165, 1.54) is 0 Å². The van der Waals surface area contributed by atoms with Gasteiger partial charge in [0.15, 0.2) is 5.11 Å². The van der Waals surface area contributed by atoms with Crippen molar-refractivity contribution in [3.05, 3.63) is 48.5 Å². The van der Waals surface area contributed by atoms with Gasteiger partial charge >= 0.3 is 0 Å². The fourth-order valence-electron chi connectivity index (χ4n) is 2.70. The van der Waals surface area contributed by atoms with Crippen LogP contribution in [0.5, 0.6) is 17.2 Å². The maximum absolute atomic E-state index is 5.84. The summed E-state index contributed by atoms with van der Waals surface area (Å²) in [4.78, 5) is 0. The van der Waals surface area contributed by atoms with Crippen LogP contribution in [0.15, 0.2) is 48.5 Å². The molecule has 0 bridgehead atoms. The molecular formula is C20H24N2O3S. The number of rotatable bonds is 7. The first-order valence-corrected chi connectivity index (χ1v) is 9.31. The molecule has 1 aliphatic heterocycles. The molecule has 0 aliphatic carbocycles. The Morgan fingerprint density at radius 1 is 1.08 bits per heavy atom. The predicted octanol–water partition coefficient (Wildman–Crippen LogP) is 4.34. The van der Waals surface area contributed by atoms with Gasteiger partial charge < -0.3 is 24.8 Å². The van der Waals surface area contributed by atoms with E-state index in [1.807, 2.05) is 55.5 Å². The quantitative estimate of drug-likeness (QED) is 0.705. The standard InChI is InChI=1S/C20H24N2O3S/c1-2-23-16-9-11-18(12-10-16)25-17-7-5-15(6-8-17)22-20(26)21-14-19-4-3-13-24-19/h5-12,19H,2-4,13-14H2,1H3,(H2,21,22,26). The molecule has 26 heavy (non-hydrogen) atoms. The van der Waals surface area contributed by atoms with E-state index in [0.29, 0.717) is 11.7 Å². The minimum Gasteiger partial charge on any atom is -0.494 e. The van der Waals surface area contributed by atoms with Gasteiger partial charge in [-0.25, -0.2) is 0 Å². The smallest absolute Gasteiger partial charge is 0.170 e. The number of thiocarbonyl (C=S) groups is 1. The lowest BCUT2D eigenvalue weighted by molar-refractivity contribution is 0.114. The average Bonchev–Trinajstić information content (AvgIpc) is 3.17. The van der Waals surface area contributed by atoms with Gasteiger partial charge in [0.2, 0.25) is 0 Å². The monoisotopic (exact) mass is 372 g/mol. The Hall–Kier alpha value is -2.31. The second-order valence-corrected chi connectivity index (χ2v) is 6.41. The molecule has 2 N–H and O–H groups in total. The molecule has 1 atom stereocenters. The molecule has 2 aromatic carbocycles. The van der Waals surface area contributed by atoms with Crippen LogP contribution >= 0.6 is 12.2 Å².